The molecule has 132 valence electrons. The third kappa shape index (κ3) is 3.74. The van der Waals surface area contributed by atoms with Crippen LogP contribution in [0.15, 0.2) is 36.7 Å². The highest BCUT2D eigenvalue weighted by atomic mass is 19.4. The number of nitrogens with zero attached hydrogens (tertiary/aromatic N) is 2. The van der Waals surface area contributed by atoms with Gasteiger partial charge in [-0.2, -0.15) is 13.2 Å². The Labute approximate surface area is 142 Å². The van der Waals surface area contributed by atoms with E-state index in [4.69, 9.17) is 10.5 Å². The fourth-order valence-electron chi connectivity index (χ4n) is 2.35. The third-order valence-corrected chi connectivity index (χ3v) is 3.45. The molecule has 0 fully saturated rings. The Bertz CT molecular complexity index is 897. The predicted molar refractivity (Wildman–Crippen MR) is 88.1 cm³/mol. The molecule has 3 N–H and O–H groups in total. The van der Waals surface area contributed by atoms with Gasteiger partial charge in [0.15, 0.2) is 5.69 Å². The summed E-state index contributed by atoms with van der Waals surface area (Å²) >= 11 is 0. The van der Waals surface area contributed by atoms with Crippen molar-refractivity contribution in [2.75, 3.05) is 6.61 Å². The van der Waals surface area contributed by atoms with Crippen molar-refractivity contribution in [2.24, 2.45) is 5.73 Å². The molecule has 0 atom stereocenters. The number of pyridine rings is 2. The topological polar surface area (TPSA) is 76.8 Å². The van der Waals surface area contributed by atoms with E-state index in [0.29, 0.717) is 16.6 Å². The highest BCUT2D eigenvalue weighted by molar-refractivity contribution is 5.92. The summed E-state index contributed by atoms with van der Waals surface area (Å²) in [5.74, 6) is -0.340. The zero-order chi connectivity index (χ0) is 18.2. The number of hydrogen-bond donors (Lipinski definition) is 2. The maximum atomic E-state index is 13.4. The van der Waals surface area contributed by atoms with Crippen molar-refractivity contribution in [3.63, 3.8) is 0 Å². The minimum absolute atomic E-state index is 0.0614. The molecule has 0 aromatic carbocycles. The molecule has 25 heavy (non-hydrogen) atoms. The Morgan fingerprint density at radius 2 is 1.96 bits per heavy atom. The molecule has 0 saturated carbocycles. The van der Waals surface area contributed by atoms with Gasteiger partial charge in [0.25, 0.3) is 0 Å². The zero-order valence-electron chi connectivity index (χ0n) is 13.7. The summed E-state index contributed by atoms with van der Waals surface area (Å²) in [6.45, 7) is 3.27. The number of H-pyrrole nitrogens is 1. The van der Waals surface area contributed by atoms with Crippen LogP contribution in [-0.2, 0) is 6.18 Å². The molecule has 0 amide bonds. The van der Waals surface area contributed by atoms with E-state index in [1.54, 1.807) is 38.4 Å². The van der Waals surface area contributed by atoms with Crippen molar-refractivity contribution in [1.29, 1.82) is 0 Å². The average Bonchev–Trinajstić information content (AvgIpc) is 2.95. The van der Waals surface area contributed by atoms with Gasteiger partial charge in [0, 0.05) is 28.9 Å². The fraction of sp³-hybridized carbons (Fsp3) is 0.294. The summed E-state index contributed by atoms with van der Waals surface area (Å²) in [5.41, 5.74) is 5.25. The summed E-state index contributed by atoms with van der Waals surface area (Å²) < 4.78 is 45.5. The molecule has 3 aromatic rings. The van der Waals surface area contributed by atoms with Gasteiger partial charge in [-0.3, -0.25) is 0 Å². The van der Waals surface area contributed by atoms with Gasteiger partial charge in [-0.15, -0.1) is 0 Å². The second-order valence-corrected chi connectivity index (χ2v) is 6.42. The van der Waals surface area contributed by atoms with Gasteiger partial charge in [-0.05, 0) is 38.1 Å². The van der Waals surface area contributed by atoms with E-state index in [9.17, 15) is 13.2 Å². The lowest BCUT2D eigenvalue weighted by Gasteiger charge is -2.21. The second-order valence-electron chi connectivity index (χ2n) is 6.42. The number of hydrogen-bond acceptors (Lipinski definition) is 4. The highest BCUT2D eigenvalue weighted by Gasteiger charge is 2.37. The van der Waals surface area contributed by atoms with Gasteiger partial charge in [-0.1, -0.05) is 0 Å². The van der Waals surface area contributed by atoms with Crippen molar-refractivity contribution in [3.8, 4) is 17.0 Å². The molecule has 0 bridgehead atoms. The Balaban J connectivity index is 2.05. The first-order valence-electron chi connectivity index (χ1n) is 7.57. The minimum atomic E-state index is -4.64. The molecular weight excluding hydrogens is 333 g/mol. The number of nitrogens with one attached hydrogen (secondary N) is 1. The predicted octanol–water partition coefficient (Wildman–Crippen LogP) is 3.76. The summed E-state index contributed by atoms with van der Waals surface area (Å²) in [7, 11) is 0. The van der Waals surface area contributed by atoms with Crippen molar-refractivity contribution in [3.05, 3.63) is 42.4 Å². The van der Waals surface area contributed by atoms with Crippen LogP contribution in [0.3, 0.4) is 0 Å². The number of halogens is 3. The molecule has 0 aliphatic rings. The summed E-state index contributed by atoms with van der Waals surface area (Å²) in [4.78, 5) is 10.9. The lowest BCUT2D eigenvalue weighted by molar-refractivity contribution is -0.142. The van der Waals surface area contributed by atoms with Crippen molar-refractivity contribution in [1.82, 2.24) is 15.0 Å². The van der Waals surface area contributed by atoms with Gasteiger partial charge in [0.1, 0.15) is 18.0 Å². The van der Waals surface area contributed by atoms with Crippen molar-refractivity contribution < 1.29 is 17.9 Å². The lowest BCUT2D eigenvalue weighted by Crippen LogP contribution is -2.39. The molecule has 3 heterocycles. The fourth-order valence-corrected chi connectivity index (χ4v) is 2.35. The standard InChI is InChI=1S/C17H17F3N4O/c1-16(2,21)9-25-13-6-5-12(24-14(13)17(18,19)20)11-8-23-15-10(11)4-3-7-22-15/h3-8H,9,21H2,1-2H3,(H,22,23). The maximum Gasteiger partial charge on any atom is 0.437 e. The Kier molecular flexibility index (Phi) is 4.16. The number of rotatable bonds is 4. The van der Waals surface area contributed by atoms with Crippen LogP contribution in [0.25, 0.3) is 22.3 Å². The SMILES string of the molecule is CC(C)(N)COc1ccc(-c2c[nH]c3ncccc23)nc1C(F)(F)F. The number of fused-ring (bicyclic) bond motifs is 1. The smallest absolute Gasteiger partial charge is 0.437 e. The molecule has 0 aliphatic carbocycles. The van der Waals surface area contributed by atoms with Gasteiger partial charge >= 0.3 is 6.18 Å². The quantitative estimate of drug-likeness (QED) is 0.751. The number of nitrogens with two attached hydrogens (primary N) is 1. The van der Waals surface area contributed by atoms with Gasteiger partial charge < -0.3 is 15.5 Å². The van der Waals surface area contributed by atoms with Crippen LogP contribution in [0.4, 0.5) is 13.2 Å². The highest BCUT2D eigenvalue weighted by Crippen LogP contribution is 2.37. The minimum Gasteiger partial charge on any atom is -0.489 e. The van der Waals surface area contributed by atoms with Crippen LogP contribution in [0.5, 0.6) is 5.75 Å². The zero-order valence-corrected chi connectivity index (χ0v) is 13.7. The van der Waals surface area contributed by atoms with Crippen molar-refractivity contribution >= 4 is 11.0 Å². The van der Waals surface area contributed by atoms with Crippen LogP contribution in [0, 0.1) is 0 Å². The number of ether oxygens (including phenoxy) is 1. The monoisotopic (exact) mass is 350 g/mol. The van der Waals surface area contributed by atoms with Gasteiger partial charge in [0.2, 0.25) is 0 Å². The van der Waals surface area contributed by atoms with E-state index in [2.05, 4.69) is 15.0 Å². The molecule has 3 aromatic heterocycles. The lowest BCUT2D eigenvalue weighted by atomic mass is 10.1. The van der Waals surface area contributed by atoms with E-state index in [1.165, 1.54) is 12.1 Å². The van der Waals surface area contributed by atoms with Crippen LogP contribution in [0.2, 0.25) is 0 Å². The number of aromatic amines is 1. The average molecular weight is 350 g/mol. The van der Waals surface area contributed by atoms with Gasteiger partial charge in [0.05, 0.1) is 5.69 Å². The number of alkyl halides is 3. The largest absolute Gasteiger partial charge is 0.489 e. The number of aromatic nitrogens is 3. The van der Waals surface area contributed by atoms with Crippen LogP contribution in [0.1, 0.15) is 19.5 Å². The van der Waals surface area contributed by atoms with Crippen molar-refractivity contribution in [2.45, 2.75) is 25.6 Å². The summed E-state index contributed by atoms with van der Waals surface area (Å²) in [6, 6.07) is 6.24. The van der Waals surface area contributed by atoms with E-state index < -0.39 is 17.4 Å². The molecule has 0 spiro atoms. The van der Waals surface area contributed by atoms with Crippen LogP contribution < -0.4 is 10.5 Å². The first kappa shape index (κ1) is 17.2. The van der Waals surface area contributed by atoms with Crippen LogP contribution >= 0.6 is 0 Å². The first-order chi connectivity index (χ1) is 11.6. The summed E-state index contributed by atoms with van der Waals surface area (Å²) in [6.07, 6.45) is -1.46. The molecule has 0 aliphatic heterocycles. The van der Waals surface area contributed by atoms with Crippen LogP contribution in [-0.4, -0.2) is 27.1 Å². The molecule has 8 heteroatoms. The van der Waals surface area contributed by atoms with Gasteiger partial charge in [-0.25, -0.2) is 9.97 Å². The van der Waals surface area contributed by atoms with E-state index in [0.717, 1.165) is 0 Å². The third-order valence-electron chi connectivity index (χ3n) is 3.45. The molecular formula is C17H17F3N4O. The molecule has 3 rings (SSSR count). The second kappa shape index (κ2) is 6.03. The maximum absolute atomic E-state index is 13.4. The Morgan fingerprint density at radius 3 is 2.64 bits per heavy atom. The van der Waals surface area contributed by atoms with E-state index in [1.807, 2.05) is 0 Å². The Hall–Kier alpha value is -2.61. The molecule has 0 saturated heterocycles. The molecule has 0 radical (unpaired) electrons. The Morgan fingerprint density at radius 1 is 1.20 bits per heavy atom. The van der Waals surface area contributed by atoms with E-state index in [-0.39, 0.29) is 18.1 Å². The normalized spacial score (nSPS) is 12.6. The summed E-state index contributed by atoms with van der Waals surface area (Å²) in [5, 5.41) is 0.694. The first-order valence-corrected chi connectivity index (χ1v) is 7.57. The van der Waals surface area contributed by atoms with E-state index >= 15 is 0 Å². The molecule has 5 nitrogen and oxygen atoms in total. The molecule has 0 unspecified atom stereocenters.